The van der Waals surface area contributed by atoms with Crippen LogP contribution in [0.3, 0.4) is 0 Å². The number of methoxy groups -OCH3 is 1. The van der Waals surface area contributed by atoms with Crippen molar-refractivity contribution in [2.24, 2.45) is 0 Å². The first-order valence-corrected chi connectivity index (χ1v) is 5.89. The van der Waals surface area contributed by atoms with Gasteiger partial charge >= 0.3 is 5.97 Å². The third kappa shape index (κ3) is 3.23. The van der Waals surface area contributed by atoms with Gasteiger partial charge in [0, 0.05) is 12.1 Å². The summed E-state index contributed by atoms with van der Waals surface area (Å²) >= 11 is 0. The van der Waals surface area contributed by atoms with Crippen LogP contribution in [-0.2, 0) is 4.79 Å². The molecule has 4 nitrogen and oxygen atoms in total. The summed E-state index contributed by atoms with van der Waals surface area (Å²) in [6, 6.07) is 3.89. The summed E-state index contributed by atoms with van der Waals surface area (Å²) in [7, 11) is 5.31. The van der Waals surface area contributed by atoms with Gasteiger partial charge in [-0.15, -0.1) is 0 Å². The molecule has 100 valence electrons. The SMILES string of the molecule is COc1c(C)cc(C)cc1C(CN(C)C)C(=O)O. The molecule has 1 N–H and O–H groups in total. The number of carboxylic acid groups (broad SMARTS) is 1. The summed E-state index contributed by atoms with van der Waals surface area (Å²) in [5.74, 6) is -0.726. The fraction of sp³-hybridized carbons (Fsp3) is 0.500. The number of benzene rings is 1. The van der Waals surface area contributed by atoms with Crippen molar-refractivity contribution in [3.8, 4) is 5.75 Å². The molecule has 0 bridgehead atoms. The number of hydrogen-bond acceptors (Lipinski definition) is 3. The van der Waals surface area contributed by atoms with E-state index in [1.165, 1.54) is 0 Å². The lowest BCUT2D eigenvalue weighted by molar-refractivity contribution is -0.139. The first-order valence-electron chi connectivity index (χ1n) is 5.89. The molecule has 0 saturated heterocycles. The van der Waals surface area contributed by atoms with Gasteiger partial charge in [-0.1, -0.05) is 17.7 Å². The molecule has 1 unspecified atom stereocenters. The number of aliphatic carboxylic acids is 1. The van der Waals surface area contributed by atoms with Gasteiger partial charge in [0.25, 0.3) is 0 Å². The van der Waals surface area contributed by atoms with Gasteiger partial charge in [-0.25, -0.2) is 0 Å². The molecular weight excluding hydrogens is 230 g/mol. The van der Waals surface area contributed by atoms with E-state index >= 15 is 0 Å². The van der Waals surface area contributed by atoms with Crippen LogP contribution in [0.1, 0.15) is 22.6 Å². The van der Waals surface area contributed by atoms with Crippen molar-refractivity contribution in [3.63, 3.8) is 0 Å². The maximum absolute atomic E-state index is 11.4. The van der Waals surface area contributed by atoms with Crippen LogP contribution < -0.4 is 4.74 Å². The van der Waals surface area contributed by atoms with Gasteiger partial charge in [0.05, 0.1) is 13.0 Å². The number of likely N-dealkylation sites (N-methyl/N-ethyl adjacent to an activating group) is 1. The molecule has 0 heterocycles. The van der Waals surface area contributed by atoms with Crippen LogP contribution in [0.4, 0.5) is 0 Å². The van der Waals surface area contributed by atoms with Crippen molar-refractivity contribution in [2.45, 2.75) is 19.8 Å². The second-order valence-corrected chi connectivity index (χ2v) is 4.86. The highest BCUT2D eigenvalue weighted by molar-refractivity contribution is 5.78. The van der Waals surface area contributed by atoms with Gasteiger partial charge in [0.2, 0.25) is 0 Å². The molecule has 18 heavy (non-hydrogen) atoms. The molecule has 0 spiro atoms. The van der Waals surface area contributed by atoms with Crippen LogP contribution in [0, 0.1) is 13.8 Å². The first-order chi connectivity index (χ1) is 8.36. The third-order valence-corrected chi connectivity index (χ3v) is 2.87. The van der Waals surface area contributed by atoms with Crippen LogP contribution in [0.25, 0.3) is 0 Å². The van der Waals surface area contributed by atoms with Gasteiger partial charge in [0.1, 0.15) is 5.75 Å². The topological polar surface area (TPSA) is 49.8 Å². The van der Waals surface area contributed by atoms with E-state index in [0.717, 1.165) is 16.7 Å². The summed E-state index contributed by atoms with van der Waals surface area (Å²) in [6.45, 7) is 4.35. The van der Waals surface area contributed by atoms with Crippen molar-refractivity contribution in [3.05, 3.63) is 28.8 Å². The van der Waals surface area contributed by atoms with Crippen LogP contribution in [0.15, 0.2) is 12.1 Å². The number of rotatable bonds is 5. The van der Waals surface area contributed by atoms with Gasteiger partial charge in [0.15, 0.2) is 0 Å². The fourth-order valence-electron chi connectivity index (χ4n) is 2.20. The maximum atomic E-state index is 11.4. The summed E-state index contributed by atoms with van der Waals surface area (Å²) in [5, 5.41) is 9.40. The average Bonchev–Trinajstić information content (AvgIpc) is 2.24. The molecule has 0 aliphatic rings. The predicted octanol–water partition coefficient (Wildman–Crippen LogP) is 2.04. The lowest BCUT2D eigenvalue weighted by Crippen LogP contribution is -2.26. The Bertz CT molecular complexity index is 441. The van der Waals surface area contributed by atoms with Gasteiger partial charge in [-0.2, -0.15) is 0 Å². The van der Waals surface area contributed by atoms with Gasteiger partial charge < -0.3 is 14.7 Å². The fourth-order valence-corrected chi connectivity index (χ4v) is 2.20. The summed E-state index contributed by atoms with van der Waals surface area (Å²) in [5.41, 5.74) is 2.77. The second-order valence-electron chi connectivity index (χ2n) is 4.86. The molecule has 0 amide bonds. The Morgan fingerprint density at radius 1 is 1.39 bits per heavy atom. The quantitative estimate of drug-likeness (QED) is 0.870. The standard InChI is InChI=1S/C14H21NO3/c1-9-6-10(2)13(18-5)11(7-9)12(14(16)17)8-15(3)4/h6-7,12H,8H2,1-5H3,(H,16,17). The third-order valence-electron chi connectivity index (χ3n) is 2.87. The highest BCUT2D eigenvalue weighted by atomic mass is 16.5. The largest absolute Gasteiger partial charge is 0.496 e. The Morgan fingerprint density at radius 3 is 2.44 bits per heavy atom. The highest BCUT2D eigenvalue weighted by Crippen LogP contribution is 2.31. The van der Waals surface area contributed by atoms with E-state index in [4.69, 9.17) is 4.74 Å². The smallest absolute Gasteiger partial charge is 0.312 e. The van der Waals surface area contributed by atoms with Gasteiger partial charge in [-0.3, -0.25) is 4.79 Å². The number of carbonyl (C=O) groups is 1. The van der Waals surface area contributed by atoms with E-state index < -0.39 is 11.9 Å². The zero-order chi connectivity index (χ0) is 13.9. The predicted molar refractivity (Wildman–Crippen MR) is 71.4 cm³/mol. The van der Waals surface area contributed by atoms with Gasteiger partial charge in [-0.05, 0) is 33.5 Å². The lowest BCUT2D eigenvalue weighted by Gasteiger charge is -2.21. The second kappa shape index (κ2) is 5.87. The number of nitrogens with zero attached hydrogens (tertiary/aromatic N) is 1. The Morgan fingerprint density at radius 2 is 2.00 bits per heavy atom. The van der Waals surface area contributed by atoms with Crippen LogP contribution >= 0.6 is 0 Å². The number of hydrogen-bond donors (Lipinski definition) is 1. The van der Waals surface area contributed by atoms with Crippen LogP contribution in [0.5, 0.6) is 5.75 Å². The van der Waals surface area contributed by atoms with E-state index in [-0.39, 0.29) is 0 Å². The van der Waals surface area contributed by atoms with E-state index in [9.17, 15) is 9.90 Å². The van der Waals surface area contributed by atoms with E-state index in [0.29, 0.717) is 12.3 Å². The monoisotopic (exact) mass is 251 g/mol. The summed E-state index contributed by atoms with van der Waals surface area (Å²) in [4.78, 5) is 13.3. The Hall–Kier alpha value is -1.55. The molecule has 1 atom stereocenters. The first kappa shape index (κ1) is 14.5. The minimum atomic E-state index is -0.827. The average molecular weight is 251 g/mol. The molecule has 0 saturated carbocycles. The number of carboxylic acids is 1. The van der Waals surface area contributed by atoms with E-state index in [2.05, 4.69) is 0 Å². The minimum absolute atomic E-state index is 0.453. The van der Waals surface area contributed by atoms with Crippen molar-refractivity contribution >= 4 is 5.97 Å². The normalized spacial score (nSPS) is 12.6. The Balaban J connectivity index is 3.30. The molecule has 1 rings (SSSR count). The molecule has 0 fully saturated rings. The van der Waals surface area contributed by atoms with Crippen molar-refractivity contribution in [1.82, 2.24) is 4.90 Å². The molecule has 1 aromatic carbocycles. The lowest BCUT2D eigenvalue weighted by atomic mass is 9.93. The van der Waals surface area contributed by atoms with E-state index in [1.54, 1.807) is 7.11 Å². The molecule has 4 heteroatoms. The van der Waals surface area contributed by atoms with Crippen molar-refractivity contribution < 1.29 is 14.6 Å². The van der Waals surface area contributed by atoms with Crippen molar-refractivity contribution in [1.29, 1.82) is 0 Å². The molecule has 0 aromatic heterocycles. The zero-order valence-corrected chi connectivity index (χ0v) is 11.7. The Labute approximate surface area is 108 Å². The maximum Gasteiger partial charge on any atom is 0.312 e. The molecule has 0 aliphatic carbocycles. The molecule has 1 aromatic rings. The van der Waals surface area contributed by atoms with E-state index in [1.807, 2.05) is 45.0 Å². The minimum Gasteiger partial charge on any atom is -0.496 e. The molecule has 0 aliphatic heterocycles. The zero-order valence-electron chi connectivity index (χ0n) is 11.7. The summed E-state index contributed by atoms with van der Waals surface area (Å²) in [6.07, 6.45) is 0. The number of ether oxygens (including phenoxy) is 1. The number of aryl methyl sites for hydroxylation is 2. The summed E-state index contributed by atoms with van der Waals surface area (Å²) < 4.78 is 5.36. The highest BCUT2D eigenvalue weighted by Gasteiger charge is 2.25. The molecular formula is C14H21NO3. The Kier molecular flexibility index (Phi) is 4.73. The van der Waals surface area contributed by atoms with Crippen LogP contribution in [-0.4, -0.2) is 43.7 Å². The van der Waals surface area contributed by atoms with Crippen LogP contribution in [0.2, 0.25) is 0 Å². The molecule has 0 radical (unpaired) electrons. The van der Waals surface area contributed by atoms with Crippen molar-refractivity contribution in [2.75, 3.05) is 27.7 Å².